The summed E-state index contributed by atoms with van der Waals surface area (Å²) in [6.07, 6.45) is 4.34. The maximum Gasteiger partial charge on any atom is 0.120 e. The second-order valence-electron chi connectivity index (χ2n) is 6.48. The number of fused-ring (bicyclic) bond motifs is 5. The molecule has 3 aliphatic rings. The number of ether oxygens (including phenoxy) is 1. The Kier molecular flexibility index (Phi) is 2.62. The molecular weight excluding hydrogens is 258 g/mol. The van der Waals surface area contributed by atoms with Crippen LogP contribution >= 0.6 is 11.6 Å². The molecule has 0 saturated heterocycles. The number of benzene rings is 1. The van der Waals surface area contributed by atoms with Gasteiger partial charge in [0.05, 0.1) is 7.11 Å². The van der Waals surface area contributed by atoms with Crippen LogP contribution in [0.4, 0.5) is 0 Å². The van der Waals surface area contributed by atoms with Crippen molar-refractivity contribution in [2.24, 2.45) is 35.3 Å². The standard InChI is InChI=1S/C16H20ClNO/c1-19-10-4-5-11(12(17)7-10)16(18)15-13-8-2-3-9(6-8)14(13)15/h4-5,7-9,13-16H,2-3,6,18H2,1H3. The molecule has 0 aromatic heterocycles. The Balaban J connectivity index is 1.57. The largest absolute Gasteiger partial charge is 0.497 e. The summed E-state index contributed by atoms with van der Waals surface area (Å²) in [7, 11) is 1.66. The lowest BCUT2D eigenvalue weighted by atomic mass is 9.93. The average molecular weight is 278 g/mol. The van der Waals surface area contributed by atoms with Gasteiger partial charge in [0.2, 0.25) is 0 Å². The van der Waals surface area contributed by atoms with E-state index < -0.39 is 0 Å². The summed E-state index contributed by atoms with van der Waals surface area (Å²) >= 11 is 6.36. The lowest BCUT2D eigenvalue weighted by Gasteiger charge is -2.18. The van der Waals surface area contributed by atoms with E-state index in [4.69, 9.17) is 22.1 Å². The lowest BCUT2D eigenvalue weighted by molar-refractivity contribution is 0.410. The first-order chi connectivity index (χ1) is 9.20. The second kappa shape index (κ2) is 4.13. The molecule has 3 fully saturated rings. The highest BCUT2D eigenvalue weighted by Crippen LogP contribution is 2.72. The molecular formula is C16H20ClNO. The SMILES string of the molecule is COc1ccc(C(N)C2C3C4CCC(C4)C32)c(Cl)c1. The Morgan fingerprint density at radius 1 is 1.26 bits per heavy atom. The normalized spacial score (nSPS) is 40.1. The smallest absolute Gasteiger partial charge is 0.120 e. The molecule has 0 spiro atoms. The minimum absolute atomic E-state index is 0.108. The molecule has 0 amide bonds. The van der Waals surface area contributed by atoms with Crippen LogP contribution in [0.5, 0.6) is 5.75 Å². The van der Waals surface area contributed by atoms with Gasteiger partial charge in [0.1, 0.15) is 5.75 Å². The van der Waals surface area contributed by atoms with Gasteiger partial charge in [-0.2, -0.15) is 0 Å². The van der Waals surface area contributed by atoms with Crippen molar-refractivity contribution in [3.63, 3.8) is 0 Å². The number of hydrogen-bond donors (Lipinski definition) is 1. The average Bonchev–Trinajstić information content (AvgIpc) is 2.86. The van der Waals surface area contributed by atoms with Crippen LogP contribution in [0.2, 0.25) is 5.02 Å². The summed E-state index contributed by atoms with van der Waals surface area (Å²) in [6.45, 7) is 0. The number of nitrogens with two attached hydrogens (primary N) is 1. The predicted octanol–water partition coefficient (Wildman–Crippen LogP) is 3.64. The van der Waals surface area contributed by atoms with Crippen LogP contribution in [0, 0.1) is 29.6 Å². The molecule has 3 aliphatic carbocycles. The van der Waals surface area contributed by atoms with Crippen LogP contribution in [0.1, 0.15) is 30.9 Å². The third-order valence-electron chi connectivity index (χ3n) is 5.78. The highest BCUT2D eigenvalue weighted by Gasteiger charge is 2.66. The van der Waals surface area contributed by atoms with E-state index in [2.05, 4.69) is 0 Å². The maximum absolute atomic E-state index is 6.51. The molecule has 0 heterocycles. The Morgan fingerprint density at radius 2 is 1.95 bits per heavy atom. The minimum atomic E-state index is 0.108. The van der Waals surface area contributed by atoms with E-state index in [0.717, 1.165) is 40.0 Å². The van der Waals surface area contributed by atoms with E-state index in [1.54, 1.807) is 7.11 Å². The fourth-order valence-corrected chi connectivity index (χ4v) is 5.28. The van der Waals surface area contributed by atoms with Crippen LogP contribution in [0.3, 0.4) is 0 Å². The number of methoxy groups -OCH3 is 1. The fraction of sp³-hybridized carbons (Fsp3) is 0.625. The molecule has 2 bridgehead atoms. The molecule has 3 heteroatoms. The van der Waals surface area contributed by atoms with Crippen LogP contribution in [0.25, 0.3) is 0 Å². The van der Waals surface area contributed by atoms with E-state index in [-0.39, 0.29) is 6.04 Å². The summed E-state index contributed by atoms with van der Waals surface area (Å²) in [4.78, 5) is 0. The van der Waals surface area contributed by atoms with Gasteiger partial charge in [0.25, 0.3) is 0 Å². The summed E-state index contributed by atoms with van der Waals surface area (Å²) in [5.74, 6) is 5.19. The van der Waals surface area contributed by atoms with Crippen molar-refractivity contribution in [2.75, 3.05) is 7.11 Å². The third-order valence-corrected chi connectivity index (χ3v) is 6.10. The monoisotopic (exact) mass is 277 g/mol. The summed E-state index contributed by atoms with van der Waals surface area (Å²) in [5, 5.41) is 0.754. The molecule has 102 valence electrons. The highest BCUT2D eigenvalue weighted by molar-refractivity contribution is 6.31. The van der Waals surface area contributed by atoms with Gasteiger partial charge in [-0.3, -0.25) is 0 Å². The zero-order valence-electron chi connectivity index (χ0n) is 11.2. The second-order valence-corrected chi connectivity index (χ2v) is 6.89. The molecule has 19 heavy (non-hydrogen) atoms. The van der Waals surface area contributed by atoms with Crippen molar-refractivity contribution in [3.8, 4) is 5.75 Å². The van der Waals surface area contributed by atoms with Crippen LogP contribution in [0.15, 0.2) is 18.2 Å². The lowest BCUT2D eigenvalue weighted by Crippen LogP contribution is -2.17. The zero-order valence-corrected chi connectivity index (χ0v) is 11.9. The van der Waals surface area contributed by atoms with Gasteiger partial charge in [-0.25, -0.2) is 0 Å². The van der Waals surface area contributed by atoms with Crippen molar-refractivity contribution in [3.05, 3.63) is 28.8 Å². The quantitative estimate of drug-likeness (QED) is 0.915. The van der Waals surface area contributed by atoms with Crippen molar-refractivity contribution >= 4 is 11.6 Å². The first kappa shape index (κ1) is 12.0. The molecule has 1 aromatic rings. The topological polar surface area (TPSA) is 35.2 Å². The van der Waals surface area contributed by atoms with E-state index in [9.17, 15) is 0 Å². The van der Waals surface area contributed by atoms with E-state index in [0.29, 0.717) is 5.92 Å². The molecule has 2 N–H and O–H groups in total. The number of hydrogen-bond acceptors (Lipinski definition) is 2. The van der Waals surface area contributed by atoms with Crippen LogP contribution in [-0.2, 0) is 0 Å². The molecule has 2 nitrogen and oxygen atoms in total. The van der Waals surface area contributed by atoms with E-state index >= 15 is 0 Å². The first-order valence-electron chi connectivity index (χ1n) is 7.29. The maximum atomic E-state index is 6.51. The zero-order chi connectivity index (χ0) is 13.1. The molecule has 0 radical (unpaired) electrons. The van der Waals surface area contributed by atoms with Gasteiger partial charge in [0, 0.05) is 11.1 Å². The molecule has 0 aliphatic heterocycles. The van der Waals surface area contributed by atoms with Gasteiger partial charge in [-0.15, -0.1) is 0 Å². The Morgan fingerprint density at radius 3 is 2.53 bits per heavy atom. The van der Waals surface area contributed by atoms with Crippen molar-refractivity contribution in [1.82, 2.24) is 0 Å². The molecule has 4 rings (SSSR count). The summed E-state index contributed by atoms with van der Waals surface area (Å²) < 4.78 is 5.20. The number of rotatable bonds is 3. The summed E-state index contributed by atoms with van der Waals surface area (Å²) in [6, 6.07) is 6.00. The van der Waals surface area contributed by atoms with Crippen LogP contribution in [-0.4, -0.2) is 7.11 Å². The van der Waals surface area contributed by atoms with Crippen molar-refractivity contribution in [1.29, 1.82) is 0 Å². The summed E-state index contributed by atoms with van der Waals surface area (Å²) in [5.41, 5.74) is 7.61. The Hall–Kier alpha value is -0.730. The third kappa shape index (κ3) is 1.66. The minimum Gasteiger partial charge on any atom is -0.497 e. The van der Waals surface area contributed by atoms with Crippen molar-refractivity contribution in [2.45, 2.75) is 25.3 Å². The molecule has 1 aromatic carbocycles. The van der Waals surface area contributed by atoms with E-state index in [1.807, 2.05) is 18.2 Å². The van der Waals surface area contributed by atoms with Gasteiger partial charge >= 0.3 is 0 Å². The fourth-order valence-electron chi connectivity index (χ4n) is 4.99. The van der Waals surface area contributed by atoms with Gasteiger partial charge in [-0.1, -0.05) is 17.7 Å². The molecule has 3 saturated carbocycles. The van der Waals surface area contributed by atoms with Gasteiger partial charge in [-0.05, 0) is 66.5 Å². The first-order valence-corrected chi connectivity index (χ1v) is 7.67. The molecule has 5 unspecified atom stereocenters. The molecule has 5 atom stereocenters. The van der Waals surface area contributed by atoms with Crippen molar-refractivity contribution < 1.29 is 4.74 Å². The van der Waals surface area contributed by atoms with Gasteiger partial charge in [0.15, 0.2) is 0 Å². The Bertz CT molecular complexity index is 501. The van der Waals surface area contributed by atoms with Crippen LogP contribution < -0.4 is 10.5 Å². The predicted molar refractivity (Wildman–Crippen MR) is 76.2 cm³/mol. The highest BCUT2D eigenvalue weighted by atomic mass is 35.5. The Labute approximate surface area is 119 Å². The van der Waals surface area contributed by atoms with Gasteiger partial charge < -0.3 is 10.5 Å². The number of halogens is 1. The van der Waals surface area contributed by atoms with E-state index in [1.165, 1.54) is 19.3 Å².